The van der Waals surface area contributed by atoms with Gasteiger partial charge in [-0.15, -0.1) is 0 Å². The van der Waals surface area contributed by atoms with Crippen molar-refractivity contribution < 1.29 is 9.72 Å². The van der Waals surface area contributed by atoms with Crippen molar-refractivity contribution in [1.82, 2.24) is 4.98 Å². The zero-order valence-electron chi connectivity index (χ0n) is 9.94. The minimum Gasteiger partial charge on any atom is -0.368 e. The van der Waals surface area contributed by atoms with E-state index in [1.165, 1.54) is 12.1 Å². The average Bonchev–Trinajstić information content (AvgIpc) is 2.87. The van der Waals surface area contributed by atoms with Gasteiger partial charge in [0.2, 0.25) is 11.6 Å². The third-order valence-corrected chi connectivity index (χ3v) is 3.04. The highest BCUT2D eigenvalue weighted by Crippen LogP contribution is 2.26. The van der Waals surface area contributed by atoms with Gasteiger partial charge in [0.15, 0.2) is 0 Å². The lowest BCUT2D eigenvalue weighted by atomic mass is 10.2. The number of nitriles is 1. The Kier molecular flexibility index (Phi) is 3.29. The van der Waals surface area contributed by atoms with Crippen LogP contribution in [0.3, 0.4) is 0 Å². The van der Waals surface area contributed by atoms with E-state index < -0.39 is 16.9 Å². The smallest absolute Gasteiger partial charge is 0.305 e. The van der Waals surface area contributed by atoms with Crippen LogP contribution in [0.1, 0.15) is 18.5 Å². The molecule has 19 heavy (non-hydrogen) atoms. The van der Waals surface area contributed by atoms with Crippen LogP contribution in [-0.4, -0.2) is 28.4 Å². The second-order valence-electron chi connectivity index (χ2n) is 4.16. The summed E-state index contributed by atoms with van der Waals surface area (Å²) in [4.78, 5) is 27.0. The summed E-state index contributed by atoms with van der Waals surface area (Å²) in [6, 6.07) is 3.87. The lowest BCUT2D eigenvalue weighted by Gasteiger charge is -2.23. The molecule has 0 saturated carbocycles. The van der Waals surface area contributed by atoms with Crippen molar-refractivity contribution in [2.75, 3.05) is 11.4 Å². The van der Waals surface area contributed by atoms with E-state index in [9.17, 15) is 14.9 Å². The number of pyridine rings is 1. The number of rotatable bonds is 3. The molecule has 8 nitrogen and oxygen atoms in total. The topological polar surface area (TPSA) is 126 Å². The molecular formula is C11H11N5O3. The Balaban J connectivity index is 2.39. The standard InChI is InChI=1S/C11H11N5O3/c12-6-7-8(16(18)19)3-4-10(14-7)15-5-1-2-9(15)11(13)17/h3-4,9H,1-2,5H2,(H2,13,17). The number of carbonyl (C=O) groups excluding carboxylic acids is 1. The van der Waals surface area contributed by atoms with E-state index in [4.69, 9.17) is 11.0 Å². The summed E-state index contributed by atoms with van der Waals surface area (Å²) >= 11 is 0. The Labute approximate surface area is 108 Å². The molecule has 0 aliphatic carbocycles. The maximum atomic E-state index is 11.3. The van der Waals surface area contributed by atoms with Crippen LogP contribution >= 0.6 is 0 Å². The molecule has 0 radical (unpaired) electrons. The van der Waals surface area contributed by atoms with E-state index in [0.717, 1.165) is 6.42 Å². The molecule has 1 aromatic rings. The van der Waals surface area contributed by atoms with Crippen molar-refractivity contribution in [3.63, 3.8) is 0 Å². The Morgan fingerprint density at radius 1 is 1.63 bits per heavy atom. The van der Waals surface area contributed by atoms with Gasteiger partial charge in [-0.05, 0) is 18.9 Å². The minimum atomic E-state index is -0.662. The van der Waals surface area contributed by atoms with E-state index in [2.05, 4.69) is 4.98 Å². The normalized spacial score (nSPS) is 18.1. The second-order valence-corrected chi connectivity index (χ2v) is 4.16. The third-order valence-electron chi connectivity index (χ3n) is 3.04. The van der Waals surface area contributed by atoms with Crippen molar-refractivity contribution in [1.29, 1.82) is 5.26 Å². The molecule has 0 aromatic carbocycles. The quantitative estimate of drug-likeness (QED) is 0.616. The molecule has 1 fully saturated rings. The molecule has 1 saturated heterocycles. The molecular weight excluding hydrogens is 250 g/mol. The Morgan fingerprint density at radius 2 is 2.37 bits per heavy atom. The fraction of sp³-hybridized carbons (Fsp3) is 0.364. The highest BCUT2D eigenvalue weighted by molar-refractivity contribution is 5.84. The largest absolute Gasteiger partial charge is 0.368 e. The van der Waals surface area contributed by atoms with Gasteiger partial charge in [0.1, 0.15) is 17.9 Å². The third kappa shape index (κ3) is 2.30. The number of anilines is 1. The average molecular weight is 261 g/mol. The van der Waals surface area contributed by atoms with Crippen molar-refractivity contribution in [3.05, 3.63) is 27.9 Å². The number of hydrogen-bond donors (Lipinski definition) is 1. The summed E-state index contributed by atoms with van der Waals surface area (Å²) in [5.41, 5.74) is 4.68. The molecule has 2 rings (SSSR count). The van der Waals surface area contributed by atoms with Crippen LogP contribution in [0, 0.1) is 21.4 Å². The maximum absolute atomic E-state index is 11.3. The van der Waals surface area contributed by atoms with Crippen molar-refractivity contribution in [2.24, 2.45) is 5.73 Å². The van der Waals surface area contributed by atoms with Gasteiger partial charge in [0.05, 0.1) is 4.92 Å². The summed E-state index contributed by atoms with van der Waals surface area (Å²) in [6.07, 6.45) is 1.41. The zero-order valence-corrected chi connectivity index (χ0v) is 9.94. The van der Waals surface area contributed by atoms with E-state index in [-0.39, 0.29) is 11.4 Å². The van der Waals surface area contributed by atoms with Crippen LogP contribution in [0.15, 0.2) is 12.1 Å². The second kappa shape index (κ2) is 4.89. The molecule has 8 heteroatoms. The lowest BCUT2D eigenvalue weighted by molar-refractivity contribution is -0.385. The minimum absolute atomic E-state index is 0.266. The molecule has 0 spiro atoms. The Bertz CT molecular complexity index is 580. The van der Waals surface area contributed by atoms with Gasteiger partial charge in [-0.1, -0.05) is 0 Å². The van der Waals surface area contributed by atoms with Gasteiger partial charge in [0.25, 0.3) is 0 Å². The Morgan fingerprint density at radius 3 is 2.95 bits per heavy atom. The molecule has 2 N–H and O–H groups in total. The summed E-state index contributed by atoms with van der Waals surface area (Å²) < 4.78 is 0. The molecule has 1 aromatic heterocycles. The van der Waals surface area contributed by atoms with Crippen LogP contribution in [0.2, 0.25) is 0 Å². The van der Waals surface area contributed by atoms with Crippen LogP contribution in [0.25, 0.3) is 0 Å². The van der Waals surface area contributed by atoms with Crippen LogP contribution in [0.4, 0.5) is 11.5 Å². The molecule has 1 aliphatic rings. The summed E-state index contributed by atoms with van der Waals surface area (Å²) in [6.45, 7) is 0.587. The van der Waals surface area contributed by atoms with E-state index in [1.807, 2.05) is 0 Å². The van der Waals surface area contributed by atoms with Crippen molar-refractivity contribution in [2.45, 2.75) is 18.9 Å². The predicted octanol–water partition coefficient (Wildman–Crippen LogP) is 0.316. The fourth-order valence-electron chi connectivity index (χ4n) is 2.17. The molecule has 98 valence electrons. The van der Waals surface area contributed by atoms with Gasteiger partial charge in [-0.2, -0.15) is 5.26 Å². The van der Waals surface area contributed by atoms with Crippen molar-refractivity contribution >= 4 is 17.4 Å². The number of amides is 1. The van der Waals surface area contributed by atoms with E-state index in [0.29, 0.717) is 18.8 Å². The Hall–Kier alpha value is -2.69. The predicted molar refractivity (Wildman–Crippen MR) is 65.2 cm³/mol. The van der Waals surface area contributed by atoms with Gasteiger partial charge < -0.3 is 10.6 Å². The molecule has 0 bridgehead atoms. The first kappa shape index (κ1) is 12.8. The summed E-state index contributed by atoms with van der Waals surface area (Å²) in [5, 5.41) is 19.6. The number of nitrogens with zero attached hydrogens (tertiary/aromatic N) is 4. The summed E-state index contributed by atoms with van der Waals surface area (Å²) in [5.74, 6) is -0.0976. The first-order chi connectivity index (χ1) is 9.04. The molecule has 1 aliphatic heterocycles. The molecule has 2 heterocycles. The van der Waals surface area contributed by atoms with Crippen LogP contribution in [0.5, 0.6) is 0 Å². The molecule has 1 atom stereocenters. The van der Waals surface area contributed by atoms with Gasteiger partial charge in [-0.25, -0.2) is 4.98 Å². The number of aromatic nitrogens is 1. The number of nitro groups is 1. The van der Waals surface area contributed by atoms with Crippen LogP contribution in [-0.2, 0) is 4.79 Å². The highest BCUT2D eigenvalue weighted by atomic mass is 16.6. The fourth-order valence-corrected chi connectivity index (χ4v) is 2.17. The number of primary amides is 1. The summed E-state index contributed by atoms with van der Waals surface area (Å²) in [7, 11) is 0. The van der Waals surface area contributed by atoms with Crippen molar-refractivity contribution in [3.8, 4) is 6.07 Å². The molecule has 1 amide bonds. The van der Waals surface area contributed by atoms with Gasteiger partial charge in [0, 0.05) is 12.6 Å². The number of carbonyl (C=O) groups is 1. The van der Waals surface area contributed by atoms with E-state index in [1.54, 1.807) is 11.0 Å². The van der Waals surface area contributed by atoms with E-state index >= 15 is 0 Å². The first-order valence-corrected chi connectivity index (χ1v) is 5.66. The number of hydrogen-bond acceptors (Lipinski definition) is 6. The number of nitrogens with two attached hydrogens (primary N) is 1. The zero-order chi connectivity index (χ0) is 14.0. The van der Waals surface area contributed by atoms with Gasteiger partial charge in [-0.3, -0.25) is 14.9 Å². The molecule has 1 unspecified atom stereocenters. The lowest BCUT2D eigenvalue weighted by Crippen LogP contribution is -2.40. The SMILES string of the molecule is N#Cc1nc(N2CCCC2C(N)=O)ccc1[N+](=O)[O-]. The first-order valence-electron chi connectivity index (χ1n) is 5.66. The monoisotopic (exact) mass is 261 g/mol. The highest BCUT2D eigenvalue weighted by Gasteiger charge is 2.31. The maximum Gasteiger partial charge on any atom is 0.305 e. The van der Waals surface area contributed by atoms with Gasteiger partial charge >= 0.3 is 5.69 Å². The van der Waals surface area contributed by atoms with Crippen LogP contribution < -0.4 is 10.6 Å².